The Morgan fingerprint density at radius 3 is 2.57 bits per heavy atom. The van der Waals surface area contributed by atoms with Crippen molar-refractivity contribution in [3.8, 4) is 0 Å². The number of benzene rings is 2. The van der Waals surface area contributed by atoms with Crippen LogP contribution in [0.5, 0.6) is 0 Å². The van der Waals surface area contributed by atoms with Crippen LogP contribution in [0.4, 0.5) is 16.2 Å². The van der Waals surface area contributed by atoms with Gasteiger partial charge in [-0.15, -0.1) is 0 Å². The smallest absolute Gasteiger partial charge is 0.335 e. The Bertz CT molecular complexity index is 1010. The van der Waals surface area contributed by atoms with Crippen molar-refractivity contribution in [1.29, 1.82) is 0 Å². The molecule has 1 N–H and O–H groups in total. The van der Waals surface area contributed by atoms with E-state index in [4.69, 9.17) is 0 Å². The fourth-order valence-corrected chi connectivity index (χ4v) is 3.82. The quantitative estimate of drug-likeness (QED) is 0.586. The predicted molar refractivity (Wildman–Crippen MR) is 111 cm³/mol. The van der Waals surface area contributed by atoms with Crippen LogP contribution in [0.2, 0.25) is 0 Å². The van der Waals surface area contributed by atoms with Gasteiger partial charge in [0, 0.05) is 23.2 Å². The Balaban J connectivity index is 1.68. The molecule has 1 fully saturated rings. The Hall–Kier alpha value is -2.93. The number of amides is 4. The summed E-state index contributed by atoms with van der Waals surface area (Å²) >= 11 is 3.33. The fourth-order valence-electron chi connectivity index (χ4n) is 3.56. The first-order valence-electron chi connectivity index (χ1n) is 9.03. The average molecular weight is 440 g/mol. The van der Waals surface area contributed by atoms with E-state index in [1.807, 2.05) is 18.2 Å². The first-order valence-corrected chi connectivity index (χ1v) is 9.82. The molecule has 0 spiro atoms. The summed E-state index contributed by atoms with van der Waals surface area (Å²) in [5.41, 5.74) is 3.49. The molecule has 142 valence electrons. The van der Waals surface area contributed by atoms with E-state index in [1.165, 1.54) is 11.3 Å². The third kappa shape index (κ3) is 3.22. The van der Waals surface area contributed by atoms with E-state index < -0.39 is 17.8 Å². The second-order valence-corrected chi connectivity index (χ2v) is 7.57. The van der Waals surface area contributed by atoms with E-state index in [2.05, 4.69) is 33.1 Å². The summed E-state index contributed by atoms with van der Waals surface area (Å²) in [6.45, 7) is 4.03. The Morgan fingerprint density at radius 1 is 1.11 bits per heavy atom. The molecule has 0 radical (unpaired) electrons. The molecule has 0 bridgehead atoms. The number of nitrogens with zero attached hydrogens (tertiary/aromatic N) is 2. The van der Waals surface area contributed by atoms with E-state index in [-0.39, 0.29) is 5.57 Å². The Morgan fingerprint density at radius 2 is 1.86 bits per heavy atom. The van der Waals surface area contributed by atoms with Crippen molar-refractivity contribution in [3.05, 3.63) is 63.6 Å². The van der Waals surface area contributed by atoms with Crippen LogP contribution >= 0.6 is 15.9 Å². The zero-order valence-electron chi connectivity index (χ0n) is 15.2. The summed E-state index contributed by atoms with van der Waals surface area (Å²) in [6, 6.07) is 11.9. The van der Waals surface area contributed by atoms with Crippen LogP contribution in [0.15, 0.2) is 52.5 Å². The molecule has 4 amide bonds. The van der Waals surface area contributed by atoms with Gasteiger partial charge in [0.05, 0.1) is 5.69 Å². The minimum atomic E-state index is -0.748. The van der Waals surface area contributed by atoms with Crippen LogP contribution in [0.3, 0.4) is 0 Å². The number of fused-ring (bicyclic) bond motifs is 1. The van der Waals surface area contributed by atoms with Gasteiger partial charge in [-0.25, -0.2) is 9.69 Å². The van der Waals surface area contributed by atoms with Crippen molar-refractivity contribution in [2.75, 3.05) is 22.9 Å². The van der Waals surface area contributed by atoms with Crippen LogP contribution in [-0.2, 0) is 16.0 Å². The average Bonchev–Trinajstić information content (AvgIpc) is 3.09. The summed E-state index contributed by atoms with van der Waals surface area (Å²) in [4.78, 5) is 40.8. The van der Waals surface area contributed by atoms with Gasteiger partial charge in [0.25, 0.3) is 11.8 Å². The highest BCUT2D eigenvalue weighted by atomic mass is 79.9. The van der Waals surface area contributed by atoms with Crippen LogP contribution in [0.25, 0.3) is 6.08 Å². The van der Waals surface area contributed by atoms with Gasteiger partial charge in [-0.2, -0.15) is 0 Å². The van der Waals surface area contributed by atoms with Gasteiger partial charge in [0.15, 0.2) is 0 Å². The van der Waals surface area contributed by atoms with Crippen molar-refractivity contribution in [2.45, 2.75) is 13.3 Å². The number of carbonyl (C=O) groups is 3. The Labute approximate surface area is 170 Å². The van der Waals surface area contributed by atoms with Crippen LogP contribution in [-0.4, -0.2) is 30.9 Å². The van der Waals surface area contributed by atoms with Crippen molar-refractivity contribution in [2.24, 2.45) is 0 Å². The number of hydrogen-bond acceptors (Lipinski definition) is 4. The topological polar surface area (TPSA) is 69.7 Å². The summed E-state index contributed by atoms with van der Waals surface area (Å²) in [7, 11) is 0. The predicted octanol–water partition coefficient (Wildman–Crippen LogP) is 3.50. The van der Waals surface area contributed by atoms with Gasteiger partial charge < -0.3 is 4.90 Å². The molecule has 2 aliphatic rings. The number of carbonyl (C=O) groups excluding carboxylic acids is 3. The molecule has 28 heavy (non-hydrogen) atoms. The van der Waals surface area contributed by atoms with E-state index in [0.29, 0.717) is 5.69 Å². The number of likely N-dealkylation sites (N-methyl/N-ethyl adjacent to an activating group) is 1. The molecule has 0 atom stereocenters. The number of hydrogen-bond donors (Lipinski definition) is 1. The van der Waals surface area contributed by atoms with Gasteiger partial charge in [-0.05, 0) is 66.9 Å². The van der Waals surface area contributed by atoms with Crippen LogP contribution in [0.1, 0.15) is 18.1 Å². The lowest BCUT2D eigenvalue weighted by Crippen LogP contribution is -2.54. The molecule has 6 nitrogen and oxygen atoms in total. The third-order valence-corrected chi connectivity index (χ3v) is 5.50. The largest absolute Gasteiger partial charge is 0.371 e. The normalized spacial score (nSPS) is 17.9. The van der Waals surface area contributed by atoms with Crippen molar-refractivity contribution < 1.29 is 14.4 Å². The van der Waals surface area contributed by atoms with Gasteiger partial charge in [-0.1, -0.05) is 22.0 Å². The molecular formula is C21H18BrN3O3. The molecule has 2 aromatic rings. The second-order valence-electron chi connectivity index (χ2n) is 6.65. The summed E-state index contributed by atoms with van der Waals surface area (Å²) in [6.07, 6.45) is 2.48. The van der Waals surface area contributed by atoms with Crippen molar-refractivity contribution in [1.82, 2.24) is 5.32 Å². The lowest BCUT2D eigenvalue weighted by molar-refractivity contribution is -0.122. The van der Waals surface area contributed by atoms with Crippen molar-refractivity contribution in [3.63, 3.8) is 0 Å². The maximum Gasteiger partial charge on any atom is 0.335 e. The molecule has 0 unspecified atom stereocenters. The minimum Gasteiger partial charge on any atom is -0.371 e. The molecular weight excluding hydrogens is 422 g/mol. The maximum atomic E-state index is 12.9. The second kappa shape index (κ2) is 7.24. The molecule has 2 aromatic carbocycles. The van der Waals surface area contributed by atoms with Crippen LogP contribution in [0, 0.1) is 0 Å². The first kappa shape index (κ1) is 18.4. The molecule has 4 rings (SSSR count). The van der Waals surface area contributed by atoms with Gasteiger partial charge in [-0.3, -0.25) is 14.9 Å². The van der Waals surface area contributed by atoms with Gasteiger partial charge in [0.2, 0.25) is 0 Å². The van der Waals surface area contributed by atoms with E-state index in [1.54, 1.807) is 30.3 Å². The van der Waals surface area contributed by atoms with Crippen LogP contribution < -0.4 is 15.1 Å². The molecule has 7 heteroatoms. The minimum absolute atomic E-state index is 0.0622. The SMILES string of the molecule is CCN1CCc2cc(C=C3C(=O)NC(=O)N(c4ccc(Br)cc4)C3=O)ccc21. The number of anilines is 2. The van der Waals surface area contributed by atoms with E-state index in [0.717, 1.165) is 34.4 Å². The highest BCUT2D eigenvalue weighted by Crippen LogP contribution is 2.30. The highest BCUT2D eigenvalue weighted by Gasteiger charge is 2.36. The van der Waals surface area contributed by atoms with Gasteiger partial charge in [0.1, 0.15) is 5.57 Å². The summed E-state index contributed by atoms with van der Waals surface area (Å²) in [5.74, 6) is -1.31. The lowest BCUT2D eigenvalue weighted by Gasteiger charge is -2.26. The summed E-state index contributed by atoms with van der Waals surface area (Å²) < 4.78 is 0.826. The number of urea groups is 1. The zero-order valence-corrected chi connectivity index (χ0v) is 16.8. The standard InChI is InChI=1S/C21H18BrN3O3/c1-2-24-10-9-14-11-13(3-8-18(14)24)12-17-19(26)23-21(28)25(20(17)27)16-6-4-15(22)5-7-16/h3-8,11-12H,2,9-10H2,1H3,(H,23,26,28). The molecule has 2 aliphatic heterocycles. The van der Waals surface area contributed by atoms with Gasteiger partial charge >= 0.3 is 6.03 Å². The number of halogens is 1. The van der Waals surface area contributed by atoms with E-state index in [9.17, 15) is 14.4 Å². The zero-order chi connectivity index (χ0) is 19.8. The fraction of sp³-hybridized carbons (Fsp3) is 0.190. The number of nitrogens with one attached hydrogen (secondary N) is 1. The molecule has 2 heterocycles. The maximum absolute atomic E-state index is 12.9. The first-order chi connectivity index (χ1) is 13.5. The molecule has 0 aromatic heterocycles. The molecule has 0 saturated carbocycles. The summed E-state index contributed by atoms with van der Waals surface area (Å²) in [5, 5.41) is 2.25. The Kier molecular flexibility index (Phi) is 4.77. The van der Waals surface area contributed by atoms with E-state index >= 15 is 0 Å². The lowest BCUT2D eigenvalue weighted by atomic mass is 10.0. The van der Waals surface area contributed by atoms with Crippen molar-refractivity contribution >= 4 is 51.2 Å². The third-order valence-electron chi connectivity index (χ3n) is 4.97. The molecule has 1 saturated heterocycles. The number of rotatable bonds is 3. The highest BCUT2D eigenvalue weighted by molar-refractivity contribution is 9.10. The molecule has 0 aliphatic carbocycles. The number of barbiturate groups is 1. The number of imide groups is 2. The monoisotopic (exact) mass is 439 g/mol.